The van der Waals surface area contributed by atoms with Crippen LogP contribution in [0.25, 0.3) is 11.3 Å². The largest absolute Gasteiger partial charge is 0.353 e. The summed E-state index contributed by atoms with van der Waals surface area (Å²) in [7, 11) is 2.17. The predicted octanol–water partition coefficient (Wildman–Crippen LogP) is 3.44. The third kappa shape index (κ3) is 4.30. The smallest absolute Gasteiger partial charge is 0.151 e. The quantitative estimate of drug-likeness (QED) is 0.829. The molecule has 27 heavy (non-hydrogen) atoms. The third-order valence-corrected chi connectivity index (χ3v) is 6.10. The highest BCUT2D eigenvalue weighted by Gasteiger charge is 2.18. The van der Waals surface area contributed by atoms with Crippen molar-refractivity contribution in [1.82, 2.24) is 20.0 Å². The molecule has 2 fully saturated rings. The lowest BCUT2D eigenvalue weighted by atomic mass is 10.0. The Labute approximate surface area is 163 Å². The fourth-order valence-corrected chi connectivity index (χ4v) is 4.13. The summed E-state index contributed by atoms with van der Waals surface area (Å²) in [6.45, 7) is 8.98. The number of anilines is 1. The normalized spacial score (nSPS) is 20.6. The summed E-state index contributed by atoms with van der Waals surface area (Å²) in [6, 6.07) is 13.6. The van der Waals surface area contributed by atoms with Gasteiger partial charge in [0, 0.05) is 37.8 Å². The molecule has 144 valence electrons. The molecule has 5 heteroatoms. The van der Waals surface area contributed by atoms with Gasteiger partial charge in [0.15, 0.2) is 5.82 Å². The molecule has 0 N–H and O–H groups in total. The Morgan fingerprint density at radius 1 is 0.778 bits per heavy atom. The molecule has 0 saturated carbocycles. The first-order valence-corrected chi connectivity index (χ1v) is 10.3. The summed E-state index contributed by atoms with van der Waals surface area (Å²) >= 11 is 0. The Morgan fingerprint density at radius 2 is 1.48 bits per heavy atom. The van der Waals surface area contributed by atoms with E-state index in [4.69, 9.17) is 0 Å². The van der Waals surface area contributed by atoms with Crippen LogP contribution in [-0.2, 0) is 0 Å². The van der Waals surface area contributed by atoms with Crippen LogP contribution >= 0.6 is 0 Å². The van der Waals surface area contributed by atoms with Gasteiger partial charge in [0.05, 0.1) is 5.69 Å². The number of piperazine rings is 1. The van der Waals surface area contributed by atoms with E-state index in [1.54, 1.807) is 0 Å². The van der Waals surface area contributed by atoms with Gasteiger partial charge in [0.1, 0.15) is 0 Å². The van der Waals surface area contributed by atoms with Crippen LogP contribution in [0.5, 0.6) is 0 Å². The Hall–Kier alpha value is -1.98. The molecule has 1 aromatic heterocycles. The summed E-state index contributed by atoms with van der Waals surface area (Å²) in [5, 5.41) is 8.98. The molecular formula is C22H31N5. The average Bonchev–Trinajstić information content (AvgIpc) is 2.75. The van der Waals surface area contributed by atoms with E-state index < -0.39 is 0 Å². The minimum Gasteiger partial charge on any atom is -0.353 e. The van der Waals surface area contributed by atoms with Crippen molar-refractivity contribution in [3.05, 3.63) is 42.0 Å². The number of hydrogen-bond donors (Lipinski definition) is 0. The number of hydrogen-bond acceptors (Lipinski definition) is 5. The lowest BCUT2D eigenvalue weighted by Gasteiger charge is -2.33. The summed E-state index contributed by atoms with van der Waals surface area (Å²) in [6.07, 6.45) is 4.04. The monoisotopic (exact) mass is 365 g/mol. The van der Waals surface area contributed by atoms with Crippen molar-refractivity contribution in [3.63, 3.8) is 0 Å². The van der Waals surface area contributed by atoms with Gasteiger partial charge in [-0.3, -0.25) is 4.90 Å². The molecule has 0 radical (unpaired) electrons. The van der Waals surface area contributed by atoms with Crippen LogP contribution in [0.2, 0.25) is 0 Å². The van der Waals surface area contributed by atoms with E-state index in [1.807, 2.05) is 0 Å². The second-order valence-corrected chi connectivity index (χ2v) is 7.96. The van der Waals surface area contributed by atoms with Gasteiger partial charge in [0.25, 0.3) is 0 Å². The van der Waals surface area contributed by atoms with Gasteiger partial charge in [-0.25, -0.2) is 0 Å². The summed E-state index contributed by atoms with van der Waals surface area (Å²) in [4.78, 5) is 7.27. The molecule has 5 nitrogen and oxygen atoms in total. The average molecular weight is 366 g/mol. The minimum atomic E-state index is 0.491. The summed E-state index contributed by atoms with van der Waals surface area (Å²) < 4.78 is 0. The SMILES string of the molecule is C[C@H](c1ccc(-c2ccc(N3CCN(C)CC3)nn2)cc1)N1CCCCC1. The zero-order valence-electron chi connectivity index (χ0n) is 16.6. The minimum absolute atomic E-state index is 0.491. The maximum absolute atomic E-state index is 4.49. The Bertz CT molecular complexity index is 713. The van der Waals surface area contributed by atoms with Crippen molar-refractivity contribution in [1.29, 1.82) is 0 Å². The Kier molecular flexibility index (Phi) is 5.69. The van der Waals surface area contributed by atoms with Crippen molar-refractivity contribution >= 4 is 5.82 Å². The third-order valence-electron chi connectivity index (χ3n) is 6.10. The zero-order valence-corrected chi connectivity index (χ0v) is 16.6. The second kappa shape index (κ2) is 8.36. The molecule has 0 aliphatic carbocycles. The van der Waals surface area contributed by atoms with E-state index in [0.29, 0.717) is 6.04 Å². The molecule has 4 rings (SSSR count). The van der Waals surface area contributed by atoms with Gasteiger partial charge >= 0.3 is 0 Å². The molecule has 0 amide bonds. The van der Waals surface area contributed by atoms with E-state index in [2.05, 4.69) is 75.3 Å². The highest BCUT2D eigenvalue weighted by molar-refractivity contribution is 5.60. The van der Waals surface area contributed by atoms with Crippen LogP contribution in [0.3, 0.4) is 0 Å². The number of likely N-dealkylation sites (N-methyl/N-ethyl adjacent to an activating group) is 1. The van der Waals surface area contributed by atoms with Crippen LogP contribution in [-0.4, -0.2) is 66.3 Å². The first kappa shape index (κ1) is 18.4. The van der Waals surface area contributed by atoms with Gasteiger partial charge in [-0.2, -0.15) is 0 Å². The molecule has 0 bridgehead atoms. The molecule has 0 spiro atoms. The van der Waals surface area contributed by atoms with Gasteiger partial charge in [-0.1, -0.05) is 30.7 Å². The molecule has 2 aliphatic heterocycles. The van der Waals surface area contributed by atoms with Crippen molar-refractivity contribution in [2.75, 3.05) is 51.2 Å². The van der Waals surface area contributed by atoms with Crippen LogP contribution in [0, 0.1) is 0 Å². The predicted molar refractivity (Wildman–Crippen MR) is 111 cm³/mol. The number of rotatable bonds is 4. The molecule has 1 atom stereocenters. The maximum atomic E-state index is 4.49. The topological polar surface area (TPSA) is 35.5 Å². The van der Waals surface area contributed by atoms with Crippen molar-refractivity contribution in [2.45, 2.75) is 32.2 Å². The van der Waals surface area contributed by atoms with E-state index in [0.717, 1.165) is 43.3 Å². The molecule has 2 aliphatic rings. The number of aromatic nitrogens is 2. The summed E-state index contributed by atoms with van der Waals surface area (Å²) in [5.41, 5.74) is 3.48. The number of piperidine rings is 1. The molecular weight excluding hydrogens is 334 g/mol. The molecule has 3 heterocycles. The molecule has 2 saturated heterocycles. The van der Waals surface area contributed by atoms with E-state index in [9.17, 15) is 0 Å². The van der Waals surface area contributed by atoms with Gasteiger partial charge in [0.2, 0.25) is 0 Å². The number of benzene rings is 1. The molecule has 0 unspecified atom stereocenters. The number of nitrogens with zero attached hydrogens (tertiary/aromatic N) is 5. The van der Waals surface area contributed by atoms with Crippen LogP contribution < -0.4 is 4.90 Å². The molecule has 2 aromatic rings. The van der Waals surface area contributed by atoms with Gasteiger partial charge in [-0.05, 0) is 57.6 Å². The van der Waals surface area contributed by atoms with Crippen LogP contribution in [0.4, 0.5) is 5.82 Å². The fourth-order valence-electron chi connectivity index (χ4n) is 4.13. The maximum Gasteiger partial charge on any atom is 0.151 e. The molecule has 1 aromatic carbocycles. The first-order valence-electron chi connectivity index (χ1n) is 10.3. The zero-order chi connectivity index (χ0) is 18.6. The highest BCUT2D eigenvalue weighted by atomic mass is 15.3. The lowest BCUT2D eigenvalue weighted by molar-refractivity contribution is 0.175. The standard InChI is InChI=1S/C22H31N5/c1-18(26-12-4-3-5-13-26)19-6-8-20(9-7-19)21-10-11-22(24-23-21)27-16-14-25(2)15-17-27/h6-11,18H,3-5,12-17H2,1-2H3/t18-/m1/s1. The van der Waals surface area contributed by atoms with E-state index in [-0.39, 0.29) is 0 Å². The van der Waals surface area contributed by atoms with E-state index in [1.165, 1.54) is 37.9 Å². The van der Waals surface area contributed by atoms with Crippen LogP contribution in [0.15, 0.2) is 36.4 Å². The van der Waals surface area contributed by atoms with Crippen LogP contribution in [0.1, 0.15) is 37.8 Å². The van der Waals surface area contributed by atoms with Gasteiger partial charge < -0.3 is 9.80 Å². The van der Waals surface area contributed by atoms with Gasteiger partial charge in [-0.15, -0.1) is 10.2 Å². The fraction of sp³-hybridized carbons (Fsp3) is 0.545. The van der Waals surface area contributed by atoms with E-state index >= 15 is 0 Å². The second-order valence-electron chi connectivity index (χ2n) is 7.96. The van der Waals surface area contributed by atoms with Crippen molar-refractivity contribution in [3.8, 4) is 11.3 Å². The van der Waals surface area contributed by atoms with Crippen molar-refractivity contribution < 1.29 is 0 Å². The van der Waals surface area contributed by atoms with Crippen molar-refractivity contribution in [2.24, 2.45) is 0 Å². The Morgan fingerprint density at radius 3 is 2.11 bits per heavy atom. The highest BCUT2D eigenvalue weighted by Crippen LogP contribution is 2.26. The summed E-state index contributed by atoms with van der Waals surface area (Å²) in [5.74, 6) is 0.988. The lowest BCUT2D eigenvalue weighted by Crippen LogP contribution is -2.44. The Balaban J connectivity index is 1.42. The first-order chi connectivity index (χ1) is 13.2. The number of likely N-dealkylation sites (tertiary alicyclic amines) is 1.